The second-order valence-electron chi connectivity index (χ2n) is 8.42. The number of carbonyl (C=O) groups excluding carboxylic acids is 2. The Morgan fingerprint density at radius 3 is 2.46 bits per heavy atom. The van der Waals surface area contributed by atoms with Crippen LogP contribution in [0.4, 0.5) is 0 Å². The molecule has 4 atom stereocenters. The van der Waals surface area contributed by atoms with Crippen LogP contribution in [-0.4, -0.2) is 35.9 Å². The van der Waals surface area contributed by atoms with E-state index in [0.717, 1.165) is 38.5 Å². The number of carbonyl (C=O) groups is 2. The Morgan fingerprint density at radius 2 is 1.83 bits per heavy atom. The molecule has 0 heterocycles. The van der Waals surface area contributed by atoms with E-state index in [1.165, 1.54) is 0 Å². The number of rotatable bonds is 6. The molecule has 0 saturated heterocycles. The van der Waals surface area contributed by atoms with Crippen LogP contribution < -0.4 is 0 Å². The molecule has 0 aromatic rings. The first-order valence-electron chi connectivity index (χ1n) is 8.94. The number of hydrogen-bond acceptors (Lipinski definition) is 5. The molecule has 0 amide bonds. The van der Waals surface area contributed by atoms with Gasteiger partial charge in [-0.3, -0.25) is 4.79 Å². The van der Waals surface area contributed by atoms with Gasteiger partial charge in [0, 0.05) is 5.57 Å². The Morgan fingerprint density at radius 1 is 1.12 bits per heavy atom. The standard InChI is InChI=1S/C19H28O5/c1-4-17-7-14-8-18(10-17,12-19(22,9-14)11-17)16(21)24-6-5-23-15(20)13(2)3/h14,22H,2,4-12H2,1,3H3. The Hall–Kier alpha value is -1.36. The van der Waals surface area contributed by atoms with Crippen molar-refractivity contribution < 1.29 is 24.2 Å². The van der Waals surface area contributed by atoms with Gasteiger partial charge in [0.15, 0.2) is 0 Å². The fraction of sp³-hybridized carbons (Fsp3) is 0.789. The highest BCUT2D eigenvalue weighted by Crippen LogP contribution is 2.67. The first-order valence-corrected chi connectivity index (χ1v) is 8.94. The first kappa shape index (κ1) is 17.5. The largest absolute Gasteiger partial charge is 0.462 e. The van der Waals surface area contributed by atoms with Crippen LogP contribution in [0.15, 0.2) is 12.2 Å². The zero-order valence-electron chi connectivity index (χ0n) is 14.7. The molecule has 4 fully saturated rings. The topological polar surface area (TPSA) is 72.8 Å². The Kier molecular flexibility index (Phi) is 4.27. The summed E-state index contributed by atoms with van der Waals surface area (Å²) in [5.41, 5.74) is -0.849. The minimum atomic E-state index is -0.707. The van der Waals surface area contributed by atoms with Crippen LogP contribution >= 0.6 is 0 Å². The van der Waals surface area contributed by atoms with Gasteiger partial charge in [-0.1, -0.05) is 19.9 Å². The van der Waals surface area contributed by atoms with Crippen LogP contribution in [0, 0.1) is 16.7 Å². The fourth-order valence-electron chi connectivity index (χ4n) is 5.75. The van der Waals surface area contributed by atoms with E-state index in [1.807, 2.05) is 0 Å². The third-order valence-electron chi connectivity index (χ3n) is 6.24. The highest BCUT2D eigenvalue weighted by Gasteiger charge is 2.65. The summed E-state index contributed by atoms with van der Waals surface area (Å²) in [7, 11) is 0. The molecule has 1 N–H and O–H groups in total. The third-order valence-corrected chi connectivity index (χ3v) is 6.24. The highest BCUT2D eigenvalue weighted by atomic mass is 16.6. The van der Waals surface area contributed by atoms with Crippen molar-refractivity contribution >= 4 is 11.9 Å². The molecule has 0 aromatic carbocycles. The second kappa shape index (κ2) is 5.87. The molecule has 4 aliphatic rings. The zero-order chi connectivity index (χ0) is 17.6. The second-order valence-corrected chi connectivity index (χ2v) is 8.42. The SMILES string of the molecule is C=C(C)C(=O)OCCOC(=O)C12CC3CC(O)(CC(CC)(C3)C1)C2. The van der Waals surface area contributed by atoms with Crippen molar-refractivity contribution in [3.8, 4) is 0 Å². The summed E-state index contributed by atoms with van der Waals surface area (Å²) in [6, 6.07) is 0. The quantitative estimate of drug-likeness (QED) is 0.459. The van der Waals surface area contributed by atoms with Gasteiger partial charge in [0.2, 0.25) is 0 Å². The molecule has 5 heteroatoms. The van der Waals surface area contributed by atoms with Crippen LogP contribution in [0.3, 0.4) is 0 Å². The summed E-state index contributed by atoms with van der Waals surface area (Å²) >= 11 is 0. The number of ether oxygens (including phenoxy) is 2. The maximum absolute atomic E-state index is 12.8. The average molecular weight is 336 g/mol. The van der Waals surface area contributed by atoms with Gasteiger partial charge in [-0.2, -0.15) is 0 Å². The van der Waals surface area contributed by atoms with Crippen molar-refractivity contribution in [3.63, 3.8) is 0 Å². The summed E-state index contributed by atoms with van der Waals surface area (Å²) in [5, 5.41) is 10.9. The number of aliphatic hydroxyl groups is 1. The van der Waals surface area contributed by atoms with Gasteiger partial charge in [0.1, 0.15) is 13.2 Å². The lowest BCUT2D eigenvalue weighted by Crippen LogP contribution is -2.62. The fourth-order valence-corrected chi connectivity index (χ4v) is 5.75. The molecular formula is C19H28O5. The van der Waals surface area contributed by atoms with Crippen molar-refractivity contribution in [1.82, 2.24) is 0 Å². The van der Waals surface area contributed by atoms with Crippen LogP contribution in [0.2, 0.25) is 0 Å². The van der Waals surface area contributed by atoms with E-state index in [2.05, 4.69) is 13.5 Å². The van der Waals surface area contributed by atoms with Gasteiger partial charge in [-0.15, -0.1) is 0 Å². The minimum Gasteiger partial charge on any atom is -0.462 e. The van der Waals surface area contributed by atoms with Gasteiger partial charge in [0.05, 0.1) is 11.0 Å². The van der Waals surface area contributed by atoms with Crippen LogP contribution in [-0.2, 0) is 19.1 Å². The predicted octanol–water partition coefficient (Wildman–Crippen LogP) is 2.76. The third kappa shape index (κ3) is 2.99. The molecule has 5 nitrogen and oxygen atoms in total. The Labute approximate surface area is 143 Å². The maximum Gasteiger partial charge on any atom is 0.333 e. The van der Waals surface area contributed by atoms with Gasteiger partial charge in [-0.25, -0.2) is 4.79 Å². The molecule has 134 valence electrons. The van der Waals surface area contributed by atoms with Gasteiger partial charge in [0.25, 0.3) is 0 Å². The maximum atomic E-state index is 12.8. The summed E-state index contributed by atoms with van der Waals surface area (Å²) in [5.74, 6) is -0.283. The summed E-state index contributed by atoms with van der Waals surface area (Å²) in [4.78, 5) is 24.1. The molecule has 4 rings (SSSR count). The molecule has 0 spiro atoms. The lowest BCUT2D eigenvalue weighted by atomic mass is 9.42. The molecule has 4 unspecified atom stereocenters. The van der Waals surface area contributed by atoms with Crippen molar-refractivity contribution in [1.29, 1.82) is 0 Å². The first-order chi connectivity index (χ1) is 11.2. The summed E-state index contributed by atoms with van der Waals surface area (Å²) in [6.07, 6.45) is 5.91. The van der Waals surface area contributed by atoms with E-state index in [-0.39, 0.29) is 24.6 Å². The van der Waals surface area contributed by atoms with Crippen molar-refractivity contribution in [2.45, 2.75) is 64.4 Å². The van der Waals surface area contributed by atoms with E-state index in [0.29, 0.717) is 17.9 Å². The normalized spacial score (nSPS) is 39.5. The van der Waals surface area contributed by atoms with E-state index >= 15 is 0 Å². The van der Waals surface area contributed by atoms with Gasteiger partial charge < -0.3 is 14.6 Å². The Bertz CT molecular complexity index is 570. The Balaban J connectivity index is 1.62. The van der Waals surface area contributed by atoms with E-state index in [4.69, 9.17) is 9.47 Å². The van der Waals surface area contributed by atoms with Crippen LogP contribution in [0.1, 0.15) is 58.8 Å². The van der Waals surface area contributed by atoms with E-state index < -0.39 is 17.0 Å². The molecule has 0 aliphatic heterocycles. The number of hydrogen-bond donors (Lipinski definition) is 1. The molecule has 4 aliphatic carbocycles. The summed E-state index contributed by atoms with van der Waals surface area (Å²) in [6.45, 7) is 7.35. The van der Waals surface area contributed by atoms with Crippen LogP contribution in [0.5, 0.6) is 0 Å². The molecule has 0 aromatic heterocycles. The molecular weight excluding hydrogens is 308 g/mol. The zero-order valence-corrected chi connectivity index (χ0v) is 14.7. The van der Waals surface area contributed by atoms with Crippen molar-refractivity contribution in [3.05, 3.63) is 12.2 Å². The number of esters is 2. The monoisotopic (exact) mass is 336 g/mol. The lowest BCUT2D eigenvalue weighted by molar-refractivity contribution is -0.217. The van der Waals surface area contributed by atoms with E-state index in [1.54, 1.807) is 6.92 Å². The van der Waals surface area contributed by atoms with Gasteiger partial charge >= 0.3 is 11.9 Å². The average Bonchev–Trinajstić information content (AvgIpc) is 2.48. The lowest BCUT2D eigenvalue weighted by Gasteiger charge is -2.63. The molecule has 24 heavy (non-hydrogen) atoms. The van der Waals surface area contributed by atoms with Crippen molar-refractivity contribution in [2.24, 2.45) is 16.7 Å². The highest BCUT2D eigenvalue weighted by molar-refractivity contribution is 5.86. The smallest absolute Gasteiger partial charge is 0.333 e. The van der Waals surface area contributed by atoms with E-state index in [9.17, 15) is 14.7 Å². The minimum absolute atomic E-state index is 0.0418. The molecule has 4 bridgehead atoms. The summed E-state index contributed by atoms with van der Waals surface area (Å²) < 4.78 is 10.4. The van der Waals surface area contributed by atoms with Crippen molar-refractivity contribution in [2.75, 3.05) is 13.2 Å². The molecule has 0 radical (unpaired) electrons. The van der Waals surface area contributed by atoms with Crippen LogP contribution in [0.25, 0.3) is 0 Å². The predicted molar refractivity (Wildman–Crippen MR) is 88.0 cm³/mol. The van der Waals surface area contributed by atoms with Gasteiger partial charge in [-0.05, 0) is 56.8 Å². The molecule has 4 saturated carbocycles.